The zero-order valence-corrected chi connectivity index (χ0v) is 11.8. The van der Waals surface area contributed by atoms with E-state index in [0.29, 0.717) is 0 Å². The van der Waals surface area contributed by atoms with Crippen molar-refractivity contribution in [1.29, 1.82) is 0 Å². The Hall–Kier alpha value is -1.50. The molecule has 0 aromatic heterocycles. The predicted octanol–water partition coefficient (Wildman–Crippen LogP) is 4.52. The summed E-state index contributed by atoms with van der Waals surface area (Å²) in [5.74, 6) is 1.06. The second-order valence-electron chi connectivity index (χ2n) is 5.23. The van der Waals surface area contributed by atoms with E-state index >= 15 is 0 Å². The number of allylic oxidation sites excluding steroid dienone is 4. The van der Waals surface area contributed by atoms with Gasteiger partial charge in [0.2, 0.25) is 0 Å². The van der Waals surface area contributed by atoms with Crippen molar-refractivity contribution in [1.82, 2.24) is 0 Å². The Morgan fingerprint density at radius 1 is 1.11 bits per heavy atom. The monoisotopic (exact) mass is 242 g/mol. The van der Waals surface area contributed by atoms with Crippen LogP contribution in [0.5, 0.6) is 5.75 Å². The maximum atomic E-state index is 5.53. The molecule has 1 aliphatic carbocycles. The molecule has 0 atom stereocenters. The molecule has 1 heteroatoms. The van der Waals surface area contributed by atoms with Crippen LogP contribution in [0.3, 0.4) is 0 Å². The van der Waals surface area contributed by atoms with E-state index < -0.39 is 0 Å². The molecule has 2 rings (SSSR count). The lowest BCUT2D eigenvalue weighted by atomic mass is 9.99. The maximum absolute atomic E-state index is 5.53. The van der Waals surface area contributed by atoms with Gasteiger partial charge in [-0.25, -0.2) is 0 Å². The van der Waals surface area contributed by atoms with Crippen molar-refractivity contribution in [2.75, 3.05) is 7.11 Å². The Morgan fingerprint density at radius 2 is 1.89 bits per heavy atom. The highest BCUT2D eigenvalue weighted by molar-refractivity contribution is 5.44. The lowest BCUT2D eigenvalue weighted by Crippen LogP contribution is -1.97. The zero-order chi connectivity index (χ0) is 13.1. The number of ether oxygens (including phenoxy) is 1. The SMILES string of the molecule is COc1c(C)cc(C)cc1CCC1=CC(C)=CC1. The predicted molar refractivity (Wildman–Crippen MR) is 77.2 cm³/mol. The van der Waals surface area contributed by atoms with Crippen LogP contribution in [0.15, 0.2) is 35.4 Å². The summed E-state index contributed by atoms with van der Waals surface area (Å²) in [5.41, 5.74) is 6.83. The molecule has 96 valence electrons. The van der Waals surface area contributed by atoms with Crippen LogP contribution in [0.4, 0.5) is 0 Å². The fraction of sp³-hybridized carbons (Fsp3) is 0.412. The molecule has 0 aliphatic heterocycles. The van der Waals surface area contributed by atoms with Gasteiger partial charge in [-0.2, -0.15) is 0 Å². The summed E-state index contributed by atoms with van der Waals surface area (Å²) < 4.78 is 5.53. The van der Waals surface area contributed by atoms with Gasteiger partial charge in [-0.05, 0) is 51.2 Å². The number of rotatable bonds is 4. The van der Waals surface area contributed by atoms with Crippen LogP contribution in [-0.4, -0.2) is 7.11 Å². The van der Waals surface area contributed by atoms with E-state index in [9.17, 15) is 0 Å². The molecular formula is C17H22O. The molecule has 1 aromatic carbocycles. The quantitative estimate of drug-likeness (QED) is 0.754. The Kier molecular flexibility index (Phi) is 3.90. The molecule has 0 amide bonds. The molecule has 1 aromatic rings. The first-order chi connectivity index (χ1) is 8.60. The number of hydrogen-bond acceptors (Lipinski definition) is 1. The Balaban J connectivity index is 2.12. The molecule has 0 saturated carbocycles. The summed E-state index contributed by atoms with van der Waals surface area (Å²) in [6.07, 6.45) is 7.94. The average molecular weight is 242 g/mol. The number of aryl methyl sites for hydroxylation is 3. The maximum Gasteiger partial charge on any atom is 0.124 e. The number of hydrogen-bond donors (Lipinski definition) is 0. The van der Waals surface area contributed by atoms with Gasteiger partial charge >= 0.3 is 0 Å². The lowest BCUT2D eigenvalue weighted by molar-refractivity contribution is 0.406. The zero-order valence-electron chi connectivity index (χ0n) is 11.8. The molecule has 0 N–H and O–H groups in total. The molecule has 0 unspecified atom stereocenters. The van der Waals surface area contributed by atoms with Gasteiger partial charge in [0.15, 0.2) is 0 Å². The lowest BCUT2D eigenvalue weighted by Gasteiger charge is -2.13. The molecule has 0 radical (unpaired) electrons. The van der Waals surface area contributed by atoms with Gasteiger partial charge in [-0.3, -0.25) is 0 Å². The van der Waals surface area contributed by atoms with Gasteiger partial charge in [0.25, 0.3) is 0 Å². The van der Waals surface area contributed by atoms with Crippen LogP contribution >= 0.6 is 0 Å². The van der Waals surface area contributed by atoms with Crippen molar-refractivity contribution in [2.24, 2.45) is 0 Å². The van der Waals surface area contributed by atoms with Crippen LogP contribution in [-0.2, 0) is 6.42 Å². The number of benzene rings is 1. The molecule has 0 fully saturated rings. The highest BCUT2D eigenvalue weighted by Gasteiger charge is 2.09. The smallest absolute Gasteiger partial charge is 0.124 e. The molecule has 0 bridgehead atoms. The van der Waals surface area contributed by atoms with Gasteiger partial charge < -0.3 is 4.74 Å². The molecular weight excluding hydrogens is 220 g/mol. The van der Waals surface area contributed by atoms with Gasteiger partial charge in [0, 0.05) is 0 Å². The van der Waals surface area contributed by atoms with E-state index in [2.05, 4.69) is 45.1 Å². The number of methoxy groups -OCH3 is 1. The first-order valence-electron chi connectivity index (χ1n) is 6.60. The second-order valence-corrected chi connectivity index (χ2v) is 5.23. The van der Waals surface area contributed by atoms with E-state index in [1.807, 2.05) is 0 Å². The van der Waals surface area contributed by atoms with Gasteiger partial charge in [0.1, 0.15) is 5.75 Å². The Labute approximate surface area is 110 Å². The summed E-state index contributed by atoms with van der Waals surface area (Å²) in [6, 6.07) is 4.44. The first kappa shape index (κ1) is 12.9. The normalized spacial score (nSPS) is 14.4. The minimum atomic E-state index is 1.06. The Bertz CT molecular complexity index is 507. The minimum absolute atomic E-state index is 1.06. The third-order valence-corrected chi connectivity index (χ3v) is 3.53. The first-order valence-corrected chi connectivity index (χ1v) is 6.60. The van der Waals surface area contributed by atoms with Crippen LogP contribution in [0.2, 0.25) is 0 Å². The van der Waals surface area contributed by atoms with E-state index in [1.165, 1.54) is 27.8 Å². The molecule has 0 heterocycles. The van der Waals surface area contributed by atoms with Crippen LogP contribution in [0, 0.1) is 13.8 Å². The van der Waals surface area contributed by atoms with Crippen LogP contribution in [0.25, 0.3) is 0 Å². The van der Waals surface area contributed by atoms with Gasteiger partial charge in [-0.1, -0.05) is 41.0 Å². The standard InChI is InChI=1S/C17H22O/c1-12-5-6-15(10-12)7-8-16-11-13(2)9-14(3)17(16)18-4/h5,9-11H,6-8H2,1-4H3. The average Bonchev–Trinajstić information content (AvgIpc) is 2.72. The minimum Gasteiger partial charge on any atom is -0.496 e. The summed E-state index contributed by atoms with van der Waals surface area (Å²) in [5, 5.41) is 0. The fourth-order valence-electron chi connectivity index (χ4n) is 2.72. The van der Waals surface area contributed by atoms with Crippen molar-refractivity contribution in [2.45, 2.75) is 40.0 Å². The van der Waals surface area contributed by atoms with Crippen LogP contribution < -0.4 is 4.74 Å². The molecule has 0 saturated heterocycles. The summed E-state index contributed by atoms with van der Waals surface area (Å²) in [4.78, 5) is 0. The van der Waals surface area contributed by atoms with Crippen LogP contribution in [0.1, 0.15) is 36.5 Å². The molecule has 0 spiro atoms. The van der Waals surface area contributed by atoms with Crippen molar-refractivity contribution < 1.29 is 4.74 Å². The summed E-state index contributed by atoms with van der Waals surface area (Å²) >= 11 is 0. The van der Waals surface area contributed by atoms with E-state index in [0.717, 1.165) is 25.0 Å². The van der Waals surface area contributed by atoms with Gasteiger partial charge in [-0.15, -0.1) is 0 Å². The topological polar surface area (TPSA) is 9.23 Å². The fourth-order valence-corrected chi connectivity index (χ4v) is 2.72. The summed E-state index contributed by atoms with van der Waals surface area (Å²) in [7, 11) is 1.77. The summed E-state index contributed by atoms with van der Waals surface area (Å²) in [6.45, 7) is 6.44. The van der Waals surface area contributed by atoms with Crippen molar-refractivity contribution in [3.63, 3.8) is 0 Å². The second kappa shape index (κ2) is 5.43. The molecule has 1 aliphatic rings. The van der Waals surface area contributed by atoms with E-state index in [4.69, 9.17) is 4.74 Å². The molecule has 18 heavy (non-hydrogen) atoms. The van der Waals surface area contributed by atoms with Crippen molar-refractivity contribution >= 4 is 0 Å². The third-order valence-electron chi connectivity index (χ3n) is 3.53. The highest BCUT2D eigenvalue weighted by Crippen LogP contribution is 2.28. The van der Waals surface area contributed by atoms with Gasteiger partial charge in [0.05, 0.1) is 7.11 Å². The van der Waals surface area contributed by atoms with Crippen molar-refractivity contribution in [3.05, 3.63) is 52.1 Å². The molecule has 1 nitrogen and oxygen atoms in total. The largest absolute Gasteiger partial charge is 0.496 e. The van der Waals surface area contributed by atoms with E-state index in [-0.39, 0.29) is 0 Å². The van der Waals surface area contributed by atoms with Crippen molar-refractivity contribution in [3.8, 4) is 5.75 Å². The van der Waals surface area contributed by atoms with E-state index in [1.54, 1.807) is 7.11 Å². The third kappa shape index (κ3) is 2.84. The highest BCUT2D eigenvalue weighted by atomic mass is 16.5. The Morgan fingerprint density at radius 3 is 2.50 bits per heavy atom.